The molecule has 5 heteroatoms. The lowest BCUT2D eigenvalue weighted by molar-refractivity contribution is -0.116. The Morgan fingerprint density at radius 2 is 1.91 bits per heavy atom. The molecule has 0 atom stereocenters. The zero-order valence-electron chi connectivity index (χ0n) is 12.7. The molecular formula is C17H22ClN3O. The van der Waals surface area contributed by atoms with Crippen LogP contribution in [0.1, 0.15) is 24.6 Å². The molecule has 4 nitrogen and oxygen atoms in total. The minimum absolute atomic E-state index is 0. The molecular weight excluding hydrogens is 298 g/mol. The number of nitrogens with zero attached hydrogens (tertiary/aromatic N) is 1. The molecule has 2 rings (SSSR count). The lowest BCUT2D eigenvalue weighted by Crippen LogP contribution is -2.17. The van der Waals surface area contributed by atoms with Gasteiger partial charge in [-0.25, -0.2) is 0 Å². The smallest absolute Gasteiger partial charge is 0.224 e. The Hall–Kier alpha value is -1.91. The molecule has 2 N–H and O–H groups in total. The number of para-hydroxylation sites is 1. The van der Waals surface area contributed by atoms with Gasteiger partial charge in [0, 0.05) is 30.5 Å². The van der Waals surface area contributed by atoms with Crippen LogP contribution < -0.4 is 10.6 Å². The molecule has 1 aromatic carbocycles. The SMILES string of the molecule is CCNCc1ccccc1NC(=O)CCc1ccccn1.Cl. The molecule has 0 aliphatic heterocycles. The number of carbonyl (C=O) groups excluding carboxylic acids is 1. The summed E-state index contributed by atoms with van der Waals surface area (Å²) in [6, 6.07) is 13.6. The fraction of sp³-hybridized carbons (Fsp3) is 0.294. The second kappa shape index (κ2) is 9.92. The summed E-state index contributed by atoms with van der Waals surface area (Å²) < 4.78 is 0. The van der Waals surface area contributed by atoms with Crippen LogP contribution in [-0.4, -0.2) is 17.4 Å². The van der Waals surface area contributed by atoms with E-state index in [1.54, 1.807) is 6.20 Å². The van der Waals surface area contributed by atoms with Crippen molar-refractivity contribution in [3.8, 4) is 0 Å². The Kier molecular flexibility index (Phi) is 8.18. The normalized spacial score (nSPS) is 9.86. The summed E-state index contributed by atoms with van der Waals surface area (Å²) in [6.07, 6.45) is 2.84. The number of benzene rings is 1. The van der Waals surface area contributed by atoms with Crippen LogP contribution in [0.25, 0.3) is 0 Å². The Bertz CT molecular complexity index is 575. The second-order valence-corrected chi connectivity index (χ2v) is 4.81. The van der Waals surface area contributed by atoms with Crippen molar-refractivity contribution in [1.29, 1.82) is 0 Å². The van der Waals surface area contributed by atoms with E-state index in [1.165, 1.54) is 0 Å². The lowest BCUT2D eigenvalue weighted by Gasteiger charge is -2.11. The number of carbonyl (C=O) groups is 1. The van der Waals surface area contributed by atoms with Crippen molar-refractivity contribution in [2.75, 3.05) is 11.9 Å². The molecule has 0 radical (unpaired) electrons. The van der Waals surface area contributed by atoms with E-state index in [-0.39, 0.29) is 18.3 Å². The summed E-state index contributed by atoms with van der Waals surface area (Å²) in [4.78, 5) is 16.3. The van der Waals surface area contributed by atoms with Crippen LogP contribution >= 0.6 is 12.4 Å². The third-order valence-electron chi connectivity index (χ3n) is 3.19. The number of aromatic nitrogens is 1. The number of rotatable bonds is 7. The first kappa shape index (κ1) is 18.1. The molecule has 22 heavy (non-hydrogen) atoms. The van der Waals surface area contributed by atoms with E-state index in [4.69, 9.17) is 0 Å². The molecule has 0 saturated heterocycles. The van der Waals surface area contributed by atoms with Gasteiger partial charge in [-0.3, -0.25) is 9.78 Å². The number of anilines is 1. The van der Waals surface area contributed by atoms with E-state index in [1.807, 2.05) is 42.5 Å². The van der Waals surface area contributed by atoms with E-state index in [0.29, 0.717) is 12.8 Å². The number of nitrogens with one attached hydrogen (secondary N) is 2. The molecule has 2 aromatic rings. The average Bonchev–Trinajstić information content (AvgIpc) is 2.53. The summed E-state index contributed by atoms with van der Waals surface area (Å²) in [5.74, 6) is 0.0181. The van der Waals surface area contributed by atoms with Crippen molar-refractivity contribution < 1.29 is 4.79 Å². The van der Waals surface area contributed by atoms with Gasteiger partial charge >= 0.3 is 0 Å². The second-order valence-electron chi connectivity index (χ2n) is 4.81. The van der Waals surface area contributed by atoms with Crippen LogP contribution in [0.3, 0.4) is 0 Å². The number of hydrogen-bond acceptors (Lipinski definition) is 3. The molecule has 1 aromatic heterocycles. The molecule has 0 spiro atoms. The van der Waals surface area contributed by atoms with Crippen LogP contribution in [0.2, 0.25) is 0 Å². The van der Waals surface area contributed by atoms with E-state index < -0.39 is 0 Å². The number of halogens is 1. The van der Waals surface area contributed by atoms with Gasteiger partial charge in [0.15, 0.2) is 0 Å². The number of pyridine rings is 1. The van der Waals surface area contributed by atoms with E-state index in [0.717, 1.165) is 30.0 Å². The van der Waals surface area contributed by atoms with E-state index >= 15 is 0 Å². The maximum absolute atomic E-state index is 12.1. The third-order valence-corrected chi connectivity index (χ3v) is 3.19. The van der Waals surface area contributed by atoms with Crippen LogP contribution in [-0.2, 0) is 17.8 Å². The van der Waals surface area contributed by atoms with Gasteiger partial charge in [-0.05, 0) is 36.7 Å². The van der Waals surface area contributed by atoms with Gasteiger partial charge < -0.3 is 10.6 Å². The molecule has 0 bridgehead atoms. The summed E-state index contributed by atoms with van der Waals surface area (Å²) in [7, 11) is 0. The first-order valence-corrected chi connectivity index (χ1v) is 7.28. The third kappa shape index (κ3) is 5.84. The minimum Gasteiger partial charge on any atom is -0.326 e. The van der Waals surface area contributed by atoms with E-state index in [2.05, 4.69) is 22.5 Å². The van der Waals surface area contributed by atoms with Gasteiger partial charge in [0.25, 0.3) is 0 Å². The zero-order valence-corrected chi connectivity index (χ0v) is 13.5. The molecule has 0 aliphatic rings. The van der Waals surface area contributed by atoms with Gasteiger partial charge in [-0.1, -0.05) is 31.2 Å². The summed E-state index contributed by atoms with van der Waals surface area (Å²) in [5, 5.41) is 6.26. The highest BCUT2D eigenvalue weighted by Gasteiger charge is 2.07. The average molecular weight is 320 g/mol. The van der Waals surface area contributed by atoms with Crippen molar-refractivity contribution in [2.45, 2.75) is 26.3 Å². The van der Waals surface area contributed by atoms with Gasteiger partial charge in [0.1, 0.15) is 0 Å². The van der Waals surface area contributed by atoms with Gasteiger partial charge in [0.2, 0.25) is 5.91 Å². The molecule has 0 fully saturated rings. The maximum Gasteiger partial charge on any atom is 0.224 e. The van der Waals surface area contributed by atoms with Gasteiger partial charge in [-0.15, -0.1) is 12.4 Å². The molecule has 1 amide bonds. The van der Waals surface area contributed by atoms with Crippen molar-refractivity contribution in [3.05, 3.63) is 59.9 Å². The summed E-state index contributed by atoms with van der Waals surface area (Å²) in [5.41, 5.74) is 2.92. The maximum atomic E-state index is 12.1. The quantitative estimate of drug-likeness (QED) is 0.824. The fourth-order valence-corrected chi connectivity index (χ4v) is 2.06. The predicted octanol–water partition coefficient (Wildman–Crippen LogP) is 3.18. The Morgan fingerprint density at radius 1 is 1.14 bits per heavy atom. The van der Waals surface area contributed by atoms with Crippen LogP contribution in [0.4, 0.5) is 5.69 Å². The Balaban J connectivity index is 0.00000242. The monoisotopic (exact) mass is 319 g/mol. The molecule has 0 saturated carbocycles. The highest BCUT2D eigenvalue weighted by molar-refractivity contribution is 5.91. The molecule has 0 aliphatic carbocycles. The fourth-order valence-electron chi connectivity index (χ4n) is 2.06. The standard InChI is InChI=1S/C17H21N3O.ClH/c1-2-18-13-14-7-3-4-9-16(14)20-17(21)11-10-15-8-5-6-12-19-15;/h3-9,12,18H,2,10-11,13H2,1H3,(H,20,21);1H. The Labute approximate surface area is 137 Å². The highest BCUT2D eigenvalue weighted by atomic mass is 35.5. The summed E-state index contributed by atoms with van der Waals surface area (Å²) >= 11 is 0. The molecule has 1 heterocycles. The lowest BCUT2D eigenvalue weighted by atomic mass is 10.1. The number of aryl methyl sites for hydroxylation is 1. The Morgan fingerprint density at radius 3 is 2.64 bits per heavy atom. The predicted molar refractivity (Wildman–Crippen MR) is 92.3 cm³/mol. The van der Waals surface area contributed by atoms with Crippen LogP contribution in [0.5, 0.6) is 0 Å². The zero-order chi connectivity index (χ0) is 14.9. The number of amides is 1. The number of hydrogen-bond donors (Lipinski definition) is 2. The summed E-state index contributed by atoms with van der Waals surface area (Å²) in [6.45, 7) is 3.73. The highest BCUT2D eigenvalue weighted by Crippen LogP contribution is 2.15. The van der Waals surface area contributed by atoms with Gasteiger partial charge in [0.05, 0.1) is 0 Å². The van der Waals surface area contributed by atoms with Crippen molar-refractivity contribution in [3.63, 3.8) is 0 Å². The topological polar surface area (TPSA) is 54.0 Å². The molecule has 0 unspecified atom stereocenters. The van der Waals surface area contributed by atoms with Crippen molar-refractivity contribution in [2.24, 2.45) is 0 Å². The molecule has 118 valence electrons. The largest absolute Gasteiger partial charge is 0.326 e. The first-order valence-electron chi connectivity index (χ1n) is 7.28. The van der Waals surface area contributed by atoms with Crippen LogP contribution in [0, 0.1) is 0 Å². The first-order chi connectivity index (χ1) is 10.3. The van der Waals surface area contributed by atoms with Crippen molar-refractivity contribution in [1.82, 2.24) is 10.3 Å². The van der Waals surface area contributed by atoms with Gasteiger partial charge in [-0.2, -0.15) is 0 Å². The van der Waals surface area contributed by atoms with Crippen molar-refractivity contribution >= 4 is 24.0 Å². The minimum atomic E-state index is 0. The van der Waals surface area contributed by atoms with E-state index in [9.17, 15) is 4.79 Å². The van der Waals surface area contributed by atoms with Crippen LogP contribution in [0.15, 0.2) is 48.7 Å².